The minimum Gasteiger partial charge on any atom is -0.0616 e. The first kappa shape index (κ1) is 23.3. The summed E-state index contributed by atoms with van der Waals surface area (Å²) < 4.78 is 0. The fraction of sp³-hybridized carbons (Fsp3) is 0. The molecule has 0 aromatic heterocycles. The van der Waals surface area contributed by atoms with Gasteiger partial charge in [0, 0.05) is 0 Å². The number of benzene rings is 9. The summed E-state index contributed by atoms with van der Waals surface area (Å²) >= 11 is 0. The number of fused-ring (bicyclic) bond motifs is 9. The quantitative estimate of drug-likeness (QED) is 0.154. The summed E-state index contributed by atoms with van der Waals surface area (Å²) in [5, 5.41) is 15.4. The molecular weight excluding hydrogens is 504 g/mol. The van der Waals surface area contributed by atoms with Crippen LogP contribution in [-0.2, 0) is 0 Å². The third-order valence-corrected chi connectivity index (χ3v) is 9.00. The summed E-state index contributed by atoms with van der Waals surface area (Å²) in [6.07, 6.45) is 0. The second-order valence-electron chi connectivity index (χ2n) is 11.3. The Labute approximate surface area is 244 Å². The summed E-state index contributed by atoms with van der Waals surface area (Å²) in [5.74, 6) is 0. The van der Waals surface area contributed by atoms with Crippen molar-refractivity contribution in [1.29, 1.82) is 0 Å². The number of hydrogen-bond donors (Lipinski definition) is 0. The van der Waals surface area contributed by atoms with E-state index < -0.39 is 0 Å². The number of hydrogen-bond acceptors (Lipinski definition) is 0. The van der Waals surface area contributed by atoms with Crippen LogP contribution in [-0.4, -0.2) is 0 Å². The van der Waals surface area contributed by atoms with E-state index in [0.717, 1.165) is 0 Å². The van der Waals surface area contributed by atoms with Gasteiger partial charge in [-0.25, -0.2) is 0 Å². The molecule has 0 heteroatoms. The maximum atomic E-state index is 2.40. The Kier molecular flexibility index (Phi) is 5.00. The van der Waals surface area contributed by atoms with Crippen LogP contribution in [0, 0.1) is 0 Å². The Morgan fingerprint density at radius 1 is 0.238 bits per heavy atom. The van der Waals surface area contributed by atoms with Gasteiger partial charge < -0.3 is 0 Å². The van der Waals surface area contributed by atoms with Gasteiger partial charge in [0.05, 0.1) is 0 Å². The maximum absolute atomic E-state index is 2.40. The molecule has 0 atom stereocenters. The fourth-order valence-corrected chi connectivity index (χ4v) is 7.15. The first-order valence-corrected chi connectivity index (χ1v) is 14.6. The molecule has 0 saturated heterocycles. The van der Waals surface area contributed by atoms with Gasteiger partial charge in [-0.05, 0) is 99.0 Å². The molecule has 0 nitrogen and oxygen atoms in total. The Morgan fingerprint density at radius 3 is 1.48 bits per heavy atom. The molecule has 42 heavy (non-hydrogen) atoms. The summed E-state index contributed by atoms with van der Waals surface area (Å²) in [6, 6.07) is 58.2. The van der Waals surface area contributed by atoms with Gasteiger partial charge >= 0.3 is 0 Å². The Balaban J connectivity index is 1.52. The van der Waals surface area contributed by atoms with Crippen LogP contribution in [0.3, 0.4) is 0 Å². The molecule has 194 valence electrons. The molecule has 0 aliphatic rings. The molecule has 0 aliphatic carbocycles. The third-order valence-electron chi connectivity index (χ3n) is 9.00. The van der Waals surface area contributed by atoms with Gasteiger partial charge in [0.25, 0.3) is 0 Å². The predicted molar refractivity (Wildman–Crippen MR) is 182 cm³/mol. The summed E-state index contributed by atoms with van der Waals surface area (Å²) in [5.41, 5.74) is 5.10. The highest BCUT2D eigenvalue weighted by atomic mass is 14.2. The van der Waals surface area contributed by atoms with E-state index in [9.17, 15) is 0 Å². The zero-order valence-electron chi connectivity index (χ0n) is 23.0. The molecule has 0 amide bonds. The molecule has 0 saturated carbocycles. The zero-order chi connectivity index (χ0) is 27.6. The average Bonchev–Trinajstić information content (AvgIpc) is 3.06. The van der Waals surface area contributed by atoms with E-state index >= 15 is 0 Å². The molecular formula is C42H26. The highest BCUT2D eigenvalue weighted by molar-refractivity contribution is 6.30. The van der Waals surface area contributed by atoms with Crippen LogP contribution in [0.5, 0.6) is 0 Å². The van der Waals surface area contributed by atoms with Gasteiger partial charge in [-0.1, -0.05) is 146 Å². The highest BCUT2D eigenvalue weighted by Gasteiger charge is 2.19. The van der Waals surface area contributed by atoms with Crippen molar-refractivity contribution in [2.24, 2.45) is 0 Å². The standard InChI is InChI=1S/C42H26/c1-2-13-29-26-40-30(25-28(29)12-1)23-24-38(32-20-9-14-27-11-3-4-15-31(27)32)42(40)39-22-10-21-37-35-17-6-5-16-33(35)34-18-7-8-19-36(34)41(37)39/h1-26H. The Bertz CT molecular complexity index is 2460. The molecule has 9 rings (SSSR count). The molecule has 0 heterocycles. The van der Waals surface area contributed by atoms with Crippen LogP contribution in [0.1, 0.15) is 0 Å². The smallest absolute Gasteiger partial charge is 0.00199 e. The summed E-state index contributed by atoms with van der Waals surface area (Å²) in [7, 11) is 0. The molecule has 0 N–H and O–H groups in total. The van der Waals surface area contributed by atoms with Crippen LogP contribution < -0.4 is 0 Å². The van der Waals surface area contributed by atoms with Gasteiger partial charge in [0.2, 0.25) is 0 Å². The van der Waals surface area contributed by atoms with Gasteiger partial charge in [0.1, 0.15) is 0 Å². The van der Waals surface area contributed by atoms with Gasteiger partial charge in [-0.3, -0.25) is 0 Å². The lowest BCUT2D eigenvalue weighted by Gasteiger charge is -2.20. The first-order valence-electron chi connectivity index (χ1n) is 14.6. The van der Waals surface area contributed by atoms with Crippen LogP contribution in [0.25, 0.3) is 86.9 Å². The highest BCUT2D eigenvalue weighted by Crippen LogP contribution is 2.47. The molecule has 0 spiro atoms. The van der Waals surface area contributed by atoms with Crippen molar-refractivity contribution >= 4 is 64.6 Å². The first-order chi connectivity index (χ1) is 20.8. The van der Waals surface area contributed by atoms with Crippen molar-refractivity contribution in [1.82, 2.24) is 0 Å². The largest absolute Gasteiger partial charge is 0.0616 e. The van der Waals surface area contributed by atoms with Crippen molar-refractivity contribution in [3.8, 4) is 22.3 Å². The van der Waals surface area contributed by atoms with Gasteiger partial charge in [0.15, 0.2) is 0 Å². The molecule has 0 bridgehead atoms. The molecule has 9 aromatic carbocycles. The van der Waals surface area contributed by atoms with Crippen molar-refractivity contribution in [2.45, 2.75) is 0 Å². The molecule has 0 aliphatic heterocycles. The SMILES string of the molecule is c1ccc2cc3c(-c4cccc5c6ccccc6c6ccccc6c45)c(-c4cccc5ccccc45)ccc3cc2c1. The van der Waals surface area contributed by atoms with Crippen molar-refractivity contribution in [2.75, 3.05) is 0 Å². The van der Waals surface area contributed by atoms with E-state index in [4.69, 9.17) is 0 Å². The molecule has 0 fully saturated rings. The number of rotatable bonds is 2. The minimum atomic E-state index is 1.26. The second kappa shape index (κ2) is 9.03. The monoisotopic (exact) mass is 530 g/mol. The Morgan fingerprint density at radius 2 is 0.738 bits per heavy atom. The second-order valence-corrected chi connectivity index (χ2v) is 11.3. The Hall–Kier alpha value is -5.46. The zero-order valence-corrected chi connectivity index (χ0v) is 23.0. The minimum absolute atomic E-state index is 1.26. The topological polar surface area (TPSA) is 0 Å². The van der Waals surface area contributed by atoms with Crippen molar-refractivity contribution in [3.63, 3.8) is 0 Å². The van der Waals surface area contributed by atoms with Crippen LogP contribution >= 0.6 is 0 Å². The predicted octanol–water partition coefficient (Wildman–Crippen LogP) is 11.9. The molecule has 9 aromatic rings. The maximum Gasteiger partial charge on any atom is -0.00199 e. The summed E-state index contributed by atoms with van der Waals surface area (Å²) in [4.78, 5) is 0. The van der Waals surface area contributed by atoms with Crippen molar-refractivity contribution in [3.05, 3.63) is 158 Å². The lowest BCUT2D eigenvalue weighted by molar-refractivity contribution is 1.66. The lowest BCUT2D eigenvalue weighted by Crippen LogP contribution is -1.92. The van der Waals surface area contributed by atoms with Crippen molar-refractivity contribution < 1.29 is 0 Å². The van der Waals surface area contributed by atoms with E-state index in [-0.39, 0.29) is 0 Å². The third kappa shape index (κ3) is 3.36. The van der Waals surface area contributed by atoms with Crippen LogP contribution in [0.4, 0.5) is 0 Å². The lowest BCUT2D eigenvalue weighted by atomic mass is 9.83. The van der Waals surface area contributed by atoms with Gasteiger partial charge in [-0.15, -0.1) is 0 Å². The molecule has 0 radical (unpaired) electrons. The van der Waals surface area contributed by atoms with Crippen LogP contribution in [0.2, 0.25) is 0 Å². The molecule has 0 unspecified atom stereocenters. The summed E-state index contributed by atoms with van der Waals surface area (Å²) in [6.45, 7) is 0. The van der Waals surface area contributed by atoms with Gasteiger partial charge in [-0.2, -0.15) is 0 Å². The van der Waals surface area contributed by atoms with Crippen LogP contribution in [0.15, 0.2) is 158 Å². The fourth-order valence-electron chi connectivity index (χ4n) is 7.15. The normalized spacial score (nSPS) is 11.8. The van der Waals surface area contributed by atoms with E-state index in [2.05, 4.69) is 158 Å². The van der Waals surface area contributed by atoms with E-state index in [0.29, 0.717) is 0 Å². The van der Waals surface area contributed by atoms with E-state index in [1.165, 1.54) is 86.9 Å². The van der Waals surface area contributed by atoms with E-state index in [1.54, 1.807) is 0 Å². The van der Waals surface area contributed by atoms with E-state index in [1.807, 2.05) is 0 Å². The average molecular weight is 531 g/mol.